The minimum absolute atomic E-state index is 0.116. The van der Waals surface area contributed by atoms with Crippen LogP contribution in [0, 0.1) is 6.92 Å². The maximum atomic E-state index is 5.89. The SMILES string of the molecule is CCC(N)c1cnc(Br)cc1C. The Hall–Kier alpha value is -0.410. The Kier molecular flexibility index (Phi) is 3.23. The predicted octanol–water partition coefficient (Wildman–Crippen LogP) is 2.56. The summed E-state index contributed by atoms with van der Waals surface area (Å²) in [6.07, 6.45) is 2.79. The summed E-state index contributed by atoms with van der Waals surface area (Å²) in [7, 11) is 0. The van der Waals surface area contributed by atoms with Crippen molar-refractivity contribution in [2.24, 2.45) is 5.73 Å². The molecule has 0 aliphatic carbocycles. The van der Waals surface area contributed by atoms with E-state index in [9.17, 15) is 0 Å². The van der Waals surface area contributed by atoms with E-state index in [2.05, 4.69) is 34.8 Å². The zero-order valence-electron chi connectivity index (χ0n) is 7.34. The van der Waals surface area contributed by atoms with E-state index < -0.39 is 0 Å². The highest BCUT2D eigenvalue weighted by atomic mass is 79.9. The summed E-state index contributed by atoms with van der Waals surface area (Å²) in [5, 5.41) is 0. The lowest BCUT2D eigenvalue weighted by Crippen LogP contribution is -2.10. The second-order valence-electron chi connectivity index (χ2n) is 2.88. The van der Waals surface area contributed by atoms with E-state index in [0.29, 0.717) is 0 Å². The maximum Gasteiger partial charge on any atom is 0.106 e. The van der Waals surface area contributed by atoms with Crippen molar-refractivity contribution in [3.8, 4) is 0 Å². The van der Waals surface area contributed by atoms with Gasteiger partial charge in [0, 0.05) is 12.2 Å². The highest BCUT2D eigenvalue weighted by Gasteiger charge is 2.06. The van der Waals surface area contributed by atoms with Crippen LogP contribution in [0.1, 0.15) is 30.5 Å². The summed E-state index contributed by atoms with van der Waals surface area (Å²) in [4.78, 5) is 4.15. The second kappa shape index (κ2) is 4.01. The topological polar surface area (TPSA) is 38.9 Å². The normalized spacial score (nSPS) is 13.0. The fourth-order valence-corrected chi connectivity index (χ4v) is 1.59. The van der Waals surface area contributed by atoms with Gasteiger partial charge in [-0.3, -0.25) is 0 Å². The largest absolute Gasteiger partial charge is 0.324 e. The van der Waals surface area contributed by atoms with Crippen molar-refractivity contribution in [2.75, 3.05) is 0 Å². The smallest absolute Gasteiger partial charge is 0.106 e. The molecule has 0 fully saturated rings. The number of nitrogens with two attached hydrogens (primary N) is 1. The Bertz CT molecular complexity index is 273. The van der Waals surface area contributed by atoms with Crippen LogP contribution in [0.15, 0.2) is 16.9 Å². The number of nitrogens with zero attached hydrogens (tertiary/aromatic N) is 1. The Morgan fingerprint density at radius 2 is 2.33 bits per heavy atom. The van der Waals surface area contributed by atoms with Crippen LogP contribution in [-0.4, -0.2) is 4.98 Å². The number of aryl methyl sites for hydroxylation is 1. The van der Waals surface area contributed by atoms with Crippen LogP contribution in [-0.2, 0) is 0 Å². The third-order valence-electron chi connectivity index (χ3n) is 1.96. The Balaban J connectivity index is 3.01. The number of rotatable bonds is 2. The van der Waals surface area contributed by atoms with Gasteiger partial charge in [0.25, 0.3) is 0 Å². The standard InChI is InChI=1S/C9H13BrN2/c1-3-8(11)7-5-12-9(10)4-6(7)2/h4-5,8H,3,11H2,1-2H3. The molecule has 0 radical (unpaired) electrons. The van der Waals surface area contributed by atoms with Gasteiger partial charge in [-0.15, -0.1) is 0 Å². The lowest BCUT2D eigenvalue weighted by Gasteiger charge is -2.11. The summed E-state index contributed by atoms with van der Waals surface area (Å²) >= 11 is 3.32. The van der Waals surface area contributed by atoms with E-state index in [1.165, 1.54) is 5.56 Å². The van der Waals surface area contributed by atoms with Crippen molar-refractivity contribution in [2.45, 2.75) is 26.3 Å². The van der Waals surface area contributed by atoms with Gasteiger partial charge >= 0.3 is 0 Å². The van der Waals surface area contributed by atoms with Crippen molar-refractivity contribution in [1.82, 2.24) is 4.98 Å². The summed E-state index contributed by atoms with van der Waals surface area (Å²) in [5.41, 5.74) is 8.23. The highest BCUT2D eigenvalue weighted by molar-refractivity contribution is 9.10. The second-order valence-corrected chi connectivity index (χ2v) is 3.69. The van der Waals surface area contributed by atoms with Crippen LogP contribution >= 0.6 is 15.9 Å². The third kappa shape index (κ3) is 2.05. The Morgan fingerprint density at radius 3 is 2.83 bits per heavy atom. The molecule has 66 valence electrons. The fraction of sp³-hybridized carbons (Fsp3) is 0.444. The molecular formula is C9H13BrN2. The Labute approximate surface area is 81.3 Å². The van der Waals surface area contributed by atoms with E-state index in [-0.39, 0.29) is 6.04 Å². The first-order valence-electron chi connectivity index (χ1n) is 4.02. The minimum atomic E-state index is 0.116. The molecule has 3 heteroatoms. The number of aromatic nitrogens is 1. The van der Waals surface area contributed by atoms with E-state index >= 15 is 0 Å². The van der Waals surface area contributed by atoms with Gasteiger partial charge in [-0.1, -0.05) is 6.92 Å². The third-order valence-corrected chi connectivity index (χ3v) is 2.39. The molecular weight excluding hydrogens is 216 g/mol. The van der Waals surface area contributed by atoms with Crippen LogP contribution in [0.5, 0.6) is 0 Å². The maximum absolute atomic E-state index is 5.89. The number of hydrogen-bond acceptors (Lipinski definition) is 2. The molecule has 1 aromatic heterocycles. The van der Waals surface area contributed by atoms with Gasteiger partial charge in [0.15, 0.2) is 0 Å². The van der Waals surface area contributed by atoms with Crippen LogP contribution in [0.3, 0.4) is 0 Å². The van der Waals surface area contributed by atoms with Gasteiger partial charge in [-0.05, 0) is 46.5 Å². The molecule has 0 aromatic carbocycles. The van der Waals surface area contributed by atoms with Gasteiger partial charge in [0.05, 0.1) is 0 Å². The molecule has 0 saturated carbocycles. The summed E-state index contributed by atoms with van der Waals surface area (Å²) in [6, 6.07) is 2.11. The zero-order valence-corrected chi connectivity index (χ0v) is 8.93. The zero-order chi connectivity index (χ0) is 9.14. The molecule has 0 amide bonds. The van der Waals surface area contributed by atoms with Crippen molar-refractivity contribution in [3.63, 3.8) is 0 Å². The van der Waals surface area contributed by atoms with Crippen molar-refractivity contribution in [3.05, 3.63) is 28.0 Å². The highest BCUT2D eigenvalue weighted by Crippen LogP contribution is 2.19. The Morgan fingerprint density at radius 1 is 1.67 bits per heavy atom. The summed E-state index contributed by atoms with van der Waals surface area (Å²) in [5.74, 6) is 0. The first kappa shape index (κ1) is 9.68. The number of pyridine rings is 1. The van der Waals surface area contributed by atoms with Crippen LogP contribution < -0.4 is 5.73 Å². The average Bonchev–Trinajstić information content (AvgIpc) is 2.03. The number of hydrogen-bond donors (Lipinski definition) is 1. The van der Waals surface area contributed by atoms with Crippen molar-refractivity contribution in [1.29, 1.82) is 0 Å². The molecule has 0 aliphatic rings. The first-order valence-corrected chi connectivity index (χ1v) is 4.82. The van der Waals surface area contributed by atoms with Gasteiger partial charge in [0.1, 0.15) is 4.60 Å². The molecule has 1 unspecified atom stereocenters. The van der Waals surface area contributed by atoms with E-state index in [0.717, 1.165) is 16.6 Å². The molecule has 0 saturated heterocycles. The number of halogens is 1. The lowest BCUT2D eigenvalue weighted by atomic mass is 10.0. The molecule has 0 aliphatic heterocycles. The quantitative estimate of drug-likeness (QED) is 0.791. The van der Waals surface area contributed by atoms with Crippen LogP contribution in [0.25, 0.3) is 0 Å². The molecule has 1 rings (SSSR count). The molecule has 12 heavy (non-hydrogen) atoms. The van der Waals surface area contributed by atoms with Crippen LogP contribution in [0.2, 0.25) is 0 Å². The average molecular weight is 229 g/mol. The van der Waals surface area contributed by atoms with Gasteiger partial charge < -0.3 is 5.73 Å². The van der Waals surface area contributed by atoms with Crippen molar-refractivity contribution < 1.29 is 0 Å². The van der Waals surface area contributed by atoms with E-state index in [4.69, 9.17) is 5.73 Å². The van der Waals surface area contributed by atoms with Gasteiger partial charge in [-0.25, -0.2) is 4.98 Å². The first-order chi connectivity index (χ1) is 5.65. The predicted molar refractivity (Wildman–Crippen MR) is 53.9 cm³/mol. The molecule has 1 heterocycles. The summed E-state index contributed by atoms with van der Waals surface area (Å²) in [6.45, 7) is 4.13. The van der Waals surface area contributed by atoms with E-state index in [1.54, 1.807) is 0 Å². The van der Waals surface area contributed by atoms with Crippen molar-refractivity contribution >= 4 is 15.9 Å². The lowest BCUT2D eigenvalue weighted by molar-refractivity contribution is 0.689. The summed E-state index contributed by atoms with van der Waals surface area (Å²) < 4.78 is 0.868. The molecule has 2 nitrogen and oxygen atoms in total. The fourth-order valence-electron chi connectivity index (χ4n) is 1.14. The van der Waals surface area contributed by atoms with Gasteiger partial charge in [0.2, 0.25) is 0 Å². The molecule has 0 spiro atoms. The molecule has 2 N–H and O–H groups in total. The molecule has 0 bridgehead atoms. The van der Waals surface area contributed by atoms with Gasteiger partial charge in [-0.2, -0.15) is 0 Å². The van der Waals surface area contributed by atoms with Crippen LogP contribution in [0.4, 0.5) is 0 Å². The minimum Gasteiger partial charge on any atom is -0.324 e. The molecule has 1 atom stereocenters. The molecule has 1 aromatic rings. The monoisotopic (exact) mass is 228 g/mol. The van der Waals surface area contributed by atoms with E-state index in [1.807, 2.05) is 12.3 Å².